The van der Waals surface area contributed by atoms with Gasteiger partial charge in [0.2, 0.25) is 0 Å². The topological polar surface area (TPSA) is 15.3 Å². The van der Waals surface area contributed by atoms with Gasteiger partial charge >= 0.3 is 0 Å². The Labute approximate surface area is 103 Å². The lowest BCUT2D eigenvalue weighted by Crippen LogP contribution is -2.48. The average molecular weight is 238 g/mol. The smallest absolute Gasteiger partial charge is 0.0490 e. The van der Waals surface area contributed by atoms with Crippen LogP contribution in [0.4, 0.5) is 0 Å². The predicted octanol–water partition coefficient (Wildman–Crippen LogP) is 2.74. The van der Waals surface area contributed by atoms with Crippen molar-refractivity contribution in [3.63, 3.8) is 0 Å². The summed E-state index contributed by atoms with van der Waals surface area (Å²) in [5, 5.41) is 5.62. The highest BCUT2D eigenvalue weighted by molar-refractivity contribution is 7.10. The van der Waals surface area contributed by atoms with Crippen LogP contribution < -0.4 is 5.32 Å². The second kappa shape index (κ2) is 4.86. The quantitative estimate of drug-likeness (QED) is 0.852. The van der Waals surface area contributed by atoms with Crippen LogP contribution in [-0.2, 0) is 0 Å². The van der Waals surface area contributed by atoms with Gasteiger partial charge in [0.25, 0.3) is 0 Å². The Morgan fingerprint density at radius 2 is 2.00 bits per heavy atom. The van der Waals surface area contributed by atoms with E-state index < -0.39 is 0 Å². The highest BCUT2D eigenvalue weighted by Crippen LogP contribution is 2.39. The van der Waals surface area contributed by atoms with Gasteiger partial charge in [-0.1, -0.05) is 26.8 Å². The molecule has 0 radical (unpaired) electrons. The molecule has 0 aromatic carbocycles. The number of rotatable bonds is 2. The SMILES string of the molecule is CC(C)(C)[C@@H](c1cccs1)N1CCNCC1. The molecule has 1 aliphatic rings. The molecule has 0 saturated carbocycles. The average Bonchev–Trinajstić information content (AvgIpc) is 2.71. The number of hydrogen-bond donors (Lipinski definition) is 1. The molecule has 0 bridgehead atoms. The van der Waals surface area contributed by atoms with E-state index in [-0.39, 0.29) is 0 Å². The summed E-state index contributed by atoms with van der Waals surface area (Å²) >= 11 is 1.89. The van der Waals surface area contributed by atoms with Crippen LogP contribution in [-0.4, -0.2) is 31.1 Å². The maximum Gasteiger partial charge on any atom is 0.0490 e. The molecule has 1 aliphatic heterocycles. The first kappa shape index (κ1) is 12.1. The third-order valence-corrected chi connectivity index (χ3v) is 4.07. The maximum atomic E-state index is 3.43. The van der Waals surface area contributed by atoms with Crippen LogP contribution in [0.15, 0.2) is 17.5 Å². The van der Waals surface area contributed by atoms with E-state index in [1.54, 1.807) is 0 Å². The van der Waals surface area contributed by atoms with Crippen molar-refractivity contribution in [2.45, 2.75) is 26.8 Å². The van der Waals surface area contributed by atoms with E-state index in [0.717, 1.165) is 13.1 Å². The van der Waals surface area contributed by atoms with E-state index in [1.807, 2.05) is 11.3 Å². The monoisotopic (exact) mass is 238 g/mol. The minimum Gasteiger partial charge on any atom is -0.314 e. The number of piperazine rings is 1. The predicted molar refractivity (Wildman–Crippen MR) is 71.0 cm³/mol. The van der Waals surface area contributed by atoms with Gasteiger partial charge in [-0.15, -0.1) is 11.3 Å². The van der Waals surface area contributed by atoms with Crippen LogP contribution >= 0.6 is 11.3 Å². The summed E-state index contributed by atoms with van der Waals surface area (Å²) in [6.45, 7) is 11.6. The van der Waals surface area contributed by atoms with E-state index in [4.69, 9.17) is 0 Å². The number of nitrogens with zero attached hydrogens (tertiary/aromatic N) is 1. The molecule has 1 atom stereocenters. The van der Waals surface area contributed by atoms with Crippen LogP contribution in [0.1, 0.15) is 31.7 Å². The van der Waals surface area contributed by atoms with E-state index in [9.17, 15) is 0 Å². The summed E-state index contributed by atoms with van der Waals surface area (Å²) < 4.78 is 0. The first-order valence-corrected chi connectivity index (χ1v) is 6.95. The molecule has 2 nitrogen and oxygen atoms in total. The van der Waals surface area contributed by atoms with E-state index in [0.29, 0.717) is 11.5 Å². The Kier molecular flexibility index (Phi) is 3.67. The van der Waals surface area contributed by atoms with Gasteiger partial charge in [-0.2, -0.15) is 0 Å². The first-order chi connectivity index (χ1) is 7.59. The summed E-state index contributed by atoms with van der Waals surface area (Å²) in [6.07, 6.45) is 0. The lowest BCUT2D eigenvalue weighted by atomic mass is 9.84. The zero-order valence-corrected chi connectivity index (χ0v) is 11.3. The van der Waals surface area contributed by atoms with Gasteiger partial charge in [-0.3, -0.25) is 4.90 Å². The van der Waals surface area contributed by atoms with E-state index >= 15 is 0 Å². The van der Waals surface area contributed by atoms with Crippen molar-refractivity contribution in [1.82, 2.24) is 10.2 Å². The molecule has 0 amide bonds. The molecule has 90 valence electrons. The highest BCUT2D eigenvalue weighted by atomic mass is 32.1. The van der Waals surface area contributed by atoms with Gasteiger partial charge in [0.05, 0.1) is 0 Å². The van der Waals surface area contributed by atoms with Crippen LogP contribution in [0.3, 0.4) is 0 Å². The van der Waals surface area contributed by atoms with Gasteiger partial charge in [-0.05, 0) is 16.9 Å². The van der Waals surface area contributed by atoms with Gasteiger partial charge in [-0.25, -0.2) is 0 Å². The molecular formula is C13H22N2S. The lowest BCUT2D eigenvalue weighted by molar-refractivity contribution is 0.0888. The fourth-order valence-corrected chi connectivity index (χ4v) is 3.64. The summed E-state index contributed by atoms with van der Waals surface area (Å²) in [5.74, 6) is 0. The zero-order chi connectivity index (χ0) is 11.6. The Hall–Kier alpha value is -0.380. The zero-order valence-electron chi connectivity index (χ0n) is 10.5. The summed E-state index contributed by atoms with van der Waals surface area (Å²) in [5.41, 5.74) is 0.308. The van der Waals surface area contributed by atoms with Gasteiger partial charge in [0, 0.05) is 37.1 Å². The molecule has 2 heterocycles. The summed E-state index contributed by atoms with van der Waals surface area (Å²) in [7, 11) is 0. The van der Waals surface area contributed by atoms with Crippen molar-refractivity contribution in [3.8, 4) is 0 Å². The molecule has 0 aliphatic carbocycles. The molecule has 1 N–H and O–H groups in total. The molecule has 0 spiro atoms. The second-order valence-corrected chi connectivity index (χ2v) is 6.55. The summed E-state index contributed by atoms with van der Waals surface area (Å²) in [4.78, 5) is 4.14. The van der Waals surface area contributed by atoms with Crippen molar-refractivity contribution in [2.24, 2.45) is 5.41 Å². The molecule has 3 heteroatoms. The Morgan fingerprint density at radius 3 is 2.50 bits per heavy atom. The Morgan fingerprint density at radius 1 is 1.31 bits per heavy atom. The second-order valence-electron chi connectivity index (χ2n) is 5.57. The largest absolute Gasteiger partial charge is 0.314 e. The van der Waals surface area contributed by atoms with Gasteiger partial charge < -0.3 is 5.32 Å². The van der Waals surface area contributed by atoms with Crippen molar-refractivity contribution < 1.29 is 0 Å². The molecule has 1 saturated heterocycles. The van der Waals surface area contributed by atoms with E-state index in [1.165, 1.54) is 18.0 Å². The molecular weight excluding hydrogens is 216 g/mol. The molecule has 0 unspecified atom stereocenters. The van der Waals surface area contributed by atoms with Crippen molar-refractivity contribution in [1.29, 1.82) is 0 Å². The summed E-state index contributed by atoms with van der Waals surface area (Å²) in [6, 6.07) is 5.01. The number of thiophene rings is 1. The lowest BCUT2D eigenvalue weighted by Gasteiger charge is -2.41. The fourth-order valence-electron chi connectivity index (χ4n) is 2.54. The molecule has 2 rings (SSSR count). The third-order valence-electron chi connectivity index (χ3n) is 3.15. The molecule has 1 aromatic heterocycles. The normalized spacial score (nSPS) is 20.9. The fraction of sp³-hybridized carbons (Fsp3) is 0.692. The van der Waals surface area contributed by atoms with Crippen LogP contribution in [0.25, 0.3) is 0 Å². The molecule has 1 aromatic rings. The Bertz CT molecular complexity index is 307. The maximum absolute atomic E-state index is 3.43. The van der Waals surface area contributed by atoms with Gasteiger partial charge in [0.15, 0.2) is 0 Å². The van der Waals surface area contributed by atoms with Crippen molar-refractivity contribution in [3.05, 3.63) is 22.4 Å². The number of nitrogens with one attached hydrogen (secondary N) is 1. The van der Waals surface area contributed by atoms with E-state index in [2.05, 4.69) is 48.5 Å². The van der Waals surface area contributed by atoms with Crippen LogP contribution in [0, 0.1) is 5.41 Å². The van der Waals surface area contributed by atoms with Crippen molar-refractivity contribution in [2.75, 3.05) is 26.2 Å². The van der Waals surface area contributed by atoms with Crippen LogP contribution in [0.5, 0.6) is 0 Å². The Balaban J connectivity index is 2.21. The molecule has 16 heavy (non-hydrogen) atoms. The third kappa shape index (κ3) is 2.65. The molecule has 1 fully saturated rings. The number of hydrogen-bond acceptors (Lipinski definition) is 3. The van der Waals surface area contributed by atoms with Crippen LogP contribution in [0.2, 0.25) is 0 Å². The highest BCUT2D eigenvalue weighted by Gasteiger charge is 2.32. The first-order valence-electron chi connectivity index (χ1n) is 6.07. The van der Waals surface area contributed by atoms with Gasteiger partial charge in [0.1, 0.15) is 0 Å². The minimum atomic E-state index is 0.308. The standard InChI is InChI=1S/C13H22N2S/c1-13(2,3)12(11-5-4-10-16-11)15-8-6-14-7-9-15/h4-5,10,12,14H,6-9H2,1-3H3/t12-/m1/s1. The minimum absolute atomic E-state index is 0.308. The van der Waals surface area contributed by atoms with Crippen molar-refractivity contribution >= 4 is 11.3 Å².